The Morgan fingerprint density at radius 2 is 1.68 bits per heavy atom. The van der Waals surface area contributed by atoms with Gasteiger partial charge in [0.15, 0.2) is 0 Å². The number of hydrogen-bond donors (Lipinski definition) is 2. The fourth-order valence-corrected chi connectivity index (χ4v) is 4.79. The van der Waals surface area contributed by atoms with Crippen LogP contribution in [0.5, 0.6) is 0 Å². The number of nitrogens with zero attached hydrogens (tertiary/aromatic N) is 1. The average Bonchev–Trinajstić information content (AvgIpc) is 2.77. The number of carbonyl (C=O) groups excluding carboxylic acids is 2. The molecule has 1 atom stereocenters. The Bertz CT molecular complexity index is 965. The standard InChI is InChI=1S/C23H29N3O4S/c27-22-16-21(20-12-6-2-7-13-20)26(15-9-3-8-14-24-22)23(28)17-25-31(29,30)18-19-10-4-1-5-11-19/h1-2,4-7,10-13,21,25H,3,8-9,14-18H2,(H,24,27). The molecule has 0 saturated carbocycles. The van der Waals surface area contributed by atoms with E-state index in [1.807, 2.05) is 36.4 Å². The Morgan fingerprint density at radius 3 is 2.39 bits per heavy atom. The van der Waals surface area contributed by atoms with E-state index in [0.717, 1.165) is 24.8 Å². The maximum atomic E-state index is 13.1. The highest BCUT2D eigenvalue weighted by Crippen LogP contribution is 2.26. The number of amides is 2. The van der Waals surface area contributed by atoms with Crippen molar-refractivity contribution in [3.8, 4) is 0 Å². The zero-order valence-electron chi connectivity index (χ0n) is 17.5. The predicted molar refractivity (Wildman–Crippen MR) is 119 cm³/mol. The van der Waals surface area contributed by atoms with Crippen LogP contribution in [0.2, 0.25) is 0 Å². The molecule has 2 N–H and O–H groups in total. The van der Waals surface area contributed by atoms with Crippen molar-refractivity contribution in [2.75, 3.05) is 19.6 Å². The molecule has 2 aromatic carbocycles. The van der Waals surface area contributed by atoms with E-state index in [2.05, 4.69) is 10.0 Å². The van der Waals surface area contributed by atoms with E-state index in [4.69, 9.17) is 0 Å². The molecule has 8 heteroatoms. The zero-order valence-corrected chi connectivity index (χ0v) is 18.3. The topological polar surface area (TPSA) is 95.6 Å². The quantitative estimate of drug-likeness (QED) is 0.717. The molecule has 1 fully saturated rings. The molecule has 0 aliphatic carbocycles. The van der Waals surface area contributed by atoms with Gasteiger partial charge in [-0.2, -0.15) is 0 Å². The average molecular weight is 444 g/mol. The van der Waals surface area contributed by atoms with Crippen molar-refractivity contribution in [1.82, 2.24) is 14.9 Å². The Hall–Kier alpha value is -2.71. The normalized spacial score (nSPS) is 18.3. The van der Waals surface area contributed by atoms with Gasteiger partial charge in [-0.15, -0.1) is 0 Å². The van der Waals surface area contributed by atoms with E-state index in [9.17, 15) is 18.0 Å². The minimum Gasteiger partial charge on any atom is -0.356 e. The monoisotopic (exact) mass is 443 g/mol. The largest absolute Gasteiger partial charge is 0.356 e. The first-order valence-corrected chi connectivity index (χ1v) is 12.2. The van der Waals surface area contributed by atoms with Crippen LogP contribution in [0.4, 0.5) is 0 Å². The molecule has 3 rings (SSSR count). The summed E-state index contributed by atoms with van der Waals surface area (Å²) in [7, 11) is -3.67. The fraction of sp³-hybridized carbons (Fsp3) is 0.391. The summed E-state index contributed by atoms with van der Waals surface area (Å²) in [5.74, 6) is -0.636. The van der Waals surface area contributed by atoms with Crippen molar-refractivity contribution < 1.29 is 18.0 Å². The number of sulfonamides is 1. The Morgan fingerprint density at radius 1 is 1.00 bits per heavy atom. The van der Waals surface area contributed by atoms with Gasteiger partial charge in [-0.05, 0) is 30.4 Å². The van der Waals surface area contributed by atoms with E-state index in [1.54, 1.807) is 29.2 Å². The van der Waals surface area contributed by atoms with Crippen LogP contribution < -0.4 is 10.0 Å². The molecule has 1 saturated heterocycles. The minimum atomic E-state index is -3.67. The molecule has 1 aliphatic heterocycles. The van der Waals surface area contributed by atoms with E-state index in [-0.39, 0.29) is 30.5 Å². The molecule has 1 aliphatic rings. The van der Waals surface area contributed by atoms with Crippen LogP contribution in [-0.2, 0) is 25.4 Å². The second-order valence-corrected chi connectivity index (χ2v) is 9.50. The zero-order chi connectivity index (χ0) is 22.1. The van der Waals surface area contributed by atoms with Gasteiger partial charge in [-0.1, -0.05) is 60.7 Å². The molecule has 0 radical (unpaired) electrons. The van der Waals surface area contributed by atoms with Gasteiger partial charge in [0, 0.05) is 13.1 Å². The van der Waals surface area contributed by atoms with Crippen molar-refractivity contribution >= 4 is 21.8 Å². The van der Waals surface area contributed by atoms with Crippen molar-refractivity contribution in [3.63, 3.8) is 0 Å². The highest BCUT2D eigenvalue weighted by molar-refractivity contribution is 7.88. The van der Waals surface area contributed by atoms with E-state index in [1.165, 1.54) is 0 Å². The molecule has 2 aromatic rings. The molecule has 0 spiro atoms. The number of rotatable bonds is 6. The highest BCUT2D eigenvalue weighted by atomic mass is 32.2. The van der Waals surface area contributed by atoms with Gasteiger partial charge in [0.05, 0.1) is 24.8 Å². The van der Waals surface area contributed by atoms with E-state index < -0.39 is 16.1 Å². The summed E-state index contributed by atoms with van der Waals surface area (Å²) < 4.78 is 27.4. The first-order chi connectivity index (χ1) is 14.9. The van der Waals surface area contributed by atoms with Gasteiger partial charge in [0.2, 0.25) is 21.8 Å². The summed E-state index contributed by atoms with van der Waals surface area (Å²) in [5, 5.41) is 2.91. The molecule has 0 bridgehead atoms. The van der Waals surface area contributed by atoms with Gasteiger partial charge in [-0.25, -0.2) is 13.1 Å². The maximum absolute atomic E-state index is 13.1. The van der Waals surface area contributed by atoms with Crippen molar-refractivity contribution in [2.45, 2.75) is 37.5 Å². The van der Waals surface area contributed by atoms with E-state index in [0.29, 0.717) is 18.7 Å². The first-order valence-electron chi connectivity index (χ1n) is 10.6. The summed E-state index contributed by atoms with van der Waals surface area (Å²) in [6.07, 6.45) is 2.67. The second kappa shape index (κ2) is 11.1. The van der Waals surface area contributed by atoms with Gasteiger partial charge in [0.1, 0.15) is 0 Å². The first kappa shape index (κ1) is 23.0. The molecule has 0 aromatic heterocycles. The van der Waals surface area contributed by atoms with Crippen LogP contribution in [0.1, 0.15) is 42.9 Å². The number of nitrogens with one attached hydrogen (secondary N) is 2. The number of benzene rings is 2. The highest BCUT2D eigenvalue weighted by Gasteiger charge is 2.28. The van der Waals surface area contributed by atoms with Crippen molar-refractivity contribution in [1.29, 1.82) is 0 Å². The summed E-state index contributed by atoms with van der Waals surface area (Å²) >= 11 is 0. The third kappa shape index (κ3) is 7.18. The molecular weight excluding hydrogens is 414 g/mol. The Kier molecular flexibility index (Phi) is 8.20. The lowest BCUT2D eigenvalue weighted by atomic mass is 10.00. The summed E-state index contributed by atoms with van der Waals surface area (Å²) in [6, 6.07) is 17.8. The minimum absolute atomic E-state index is 0.113. The van der Waals surface area contributed by atoms with Crippen LogP contribution in [0.25, 0.3) is 0 Å². The third-order valence-electron chi connectivity index (χ3n) is 5.30. The maximum Gasteiger partial charge on any atom is 0.238 e. The third-order valence-corrected chi connectivity index (χ3v) is 6.60. The van der Waals surface area contributed by atoms with Gasteiger partial charge < -0.3 is 10.2 Å². The van der Waals surface area contributed by atoms with Crippen LogP contribution in [0.15, 0.2) is 60.7 Å². The van der Waals surface area contributed by atoms with E-state index >= 15 is 0 Å². The molecule has 1 unspecified atom stereocenters. The summed E-state index contributed by atoms with van der Waals surface area (Å²) in [4.78, 5) is 27.2. The predicted octanol–water partition coefficient (Wildman–Crippen LogP) is 2.37. The number of carbonyl (C=O) groups is 2. The lowest BCUT2D eigenvalue weighted by molar-refractivity contribution is -0.134. The lowest BCUT2D eigenvalue weighted by Gasteiger charge is -2.33. The van der Waals surface area contributed by atoms with Crippen LogP contribution in [0.3, 0.4) is 0 Å². The van der Waals surface area contributed by atoms with Crippen LogP contribution in [-0.4, -0.2) is 44.8 Å². The fourth-order valence-electron chi connectivity index (χ4n) is 3.71. The van der Waals surface area contributed by atoms with Gasteiger partial charge in [-0.3, -0.25) is 9.59 Å². The molecule has 2 amide bonds. The summed E-state index contributed by atoms with van der Waals surface area (Å²) in [6.45, 7) is 0.778. The lowest BCUT2D eigenvalue weighted by Crippen LogP contribution is -2.44. The van der Waals surface area contributed by atoms with Gasteiger partial charge in [0.25, 0.3) is 0 Å². The van der Waals surface area contributed by atoms with Crippen molar-refractivity contribution in [3.05, 3.63) is 71.8 Å². The SMILES string of the molecule is O=C1CC(c2ccccc2)N(C(=O)CNS(=O)(=O)Cc2ccccc2)CCCCCN1. The molecular formula is C23H29N3O4S. The van der Waals surface area contributed by atoms with Crippen LogP contribution >= 0.6 is 0 Å². The Balaban J connectivity index is 1.74. The molecule has 1 heterocycles. The van der Waals surface area contributed by atoms with Crippen LogP contribution in [0, 0.1) is 0 Å². The Labute approximate surface area is 183 Å². The number of hydrogen-bond acceptors (Lipinski definition) is 4. The second-order valence-electron chi connectivity index (χ2n) is 7.69. The molecule has 166 valence electrons. The molecule has 7 nitrogen and oxygen atoms in total. The summed E-state index contributed by atoms with van der Waals surface area (Å²) in [5.41, 5.74) is 1.51. The van der Waals surface area contributed by atoms with Gasteiger partial charge >= 0.3 is 0 Å². The molecule has 31 heavy (non-hydrogen) atoms. The van der Waals surface area contributed by atoms with Crippen molar-refractivity contribution in [2.24, 2.45) is 0 Å². The smallest absolute Gasteiger partial charge is 0.238 e.